The number of sulfonamides is 1. The van der Waals surface area contributed by atoms with Crippen LogP contribution in [-0.4, -0.2) is 8.42 Å². The Morgan fingerprint density at radius 3 is 2.37 bits per heavy atom. The number of aryl methyl sites for hydroxylation is 1. The molecule has 0 fully saturated rings. The lowest BCUT2D eigenvalue weighted by Crippen LogP contribution is -2.14. The largest absolute Gasteiger partial charge is 0.278 e. The third-order valence-electron chi connectivity index (χ3n) is 2.49. The molecule has 0 heterocycles. The molecule has 0 unspecified atom stereocenters. The molecule has 3 nitrogen and oxygen atoms in total. The van der Waals surface area contributed by atoms with Gasteiger partial charge in [0.2, 0.25) is 0 Å². The summed E-state index contributed by atoms with van der Waals surface area (Å²) < 4.78 is 28.5. The van der Waals surface area contributed by atoms with Crippen molar-refractivity contribution in [2.24, 2.45) is 0 Å². The molecule has 2 aromatic carbocycles. The van der Waals surface area contributed by atoms with Crippen LogP contribution in [0, 0.1) is 6.92 Å². The zero-order valence-corrected chi connectivity index (χ0v) is 14.0. The Morgan fingerprint density at radius 1 is 1.00 bits per heavy atom. The molecule has 6 heteroatoms. The number of rotatable bonds is 3. The standard InChI is InChI=1S/C13H11Br2NO2S/c1-9-6-7-10(14)12(8-9)16-19(17,18)13-5-3-2-4-11(13)15/h2-8,16H,1H3. The molecule has 2 aromatic rings. The van der Waals surface area contributed by atoms with Crippen molar-refractivity contribution in [2.45, 2.75) is 11.8 Å². The molecule has 0 aliphatic carbocycles. The molecule has 19 heavy (non-hydrogen) atoms. The highest BCUT2D eigenvalue weighted by Gasteiger charge is 2.18. The van der Waals surface area contributed by atoms with Gasteiger partial charge >= 0.3 is 0 Å². The first-order chi connectivity index (χ1) is 8.90. The molecule has 0 aromatic heterocycles. The fourth-order valence-corrected chi connectivity index (χ4v) is 4.13. The first kappa shape index (κ1) is 14.6. The summed E-state index contributed by atoms with van der Waals surface area (Å²) in [5, 5.41) is 0. The molecule has 2 rings (SSSR count). The van der Waals surface area contributed by atoms with Crippen LogP contribution in [0.5, 0.6) is 0 Å². The first-order valence-electron chi connectivity index (χ1n) is 5.43. The molecule has 1 N–H and O–H groups in total. The average Bonchev–Trinajstić information content (AvgIpc) is 2.34. The summed E-state index contributed by atoms with van der Waals surface area (Å²) in [4.78, 5) is 0.211. The normalized spacial score (nSPS) is 11.3. The molecule has 0 radical (unpaired) electrons. The van der Waals surface area contributed by atoms with Crippen molar-refractivity contribution in [2.75, 3.05) is 4.72 Å². The zero-order chi connectivity index (χ0) is 14.0. The lowest BCUT2D eigenvalue weighted by atomic mass is 10.2. The number of halogens is 2. The van der Waals surface area contributed by atoms with E-state index in [0.717, 1.165) is 5.56 Å². The van der Waals surface area contributed by atoms with E-state index in [0.29, 0.717) is 14.6 Å². The molecule has 0 aliphatic heterocycles. The van der Waals surface area contributed by atoms with Crippen LogP contribution in [0.3, 0.4) is 0 Å². The highest BCUT2D eigenvalue weighted by atomic mass is 79.9. The summed E-state index contributed by atoms with van der Waals surface area (Å²) in [5.41, 5.74) is 1.50. The summed E-state index contributed by atoms with van der Waals surface area (Å²) in [6.07, 6.45) is 0. The summed E-state index contributed by atoms with van der Waals surface area (Å²) in [5.74, 6) is 0. The Bertz CT molecular complexity index is 714. The summed E-state index contributed by atoms with van der Waals surface area (Å²) in [6.45, 7) is 1.91. The van der Waals surface area contributed by atoms with E-state index < -0.39 is 10.0 Å². The number of nitrogens with one attached hydrogen (secondary N) is 1. The van der Waals surface area contributed by atoms with Gasteiger partial charge in [-0.3, -0.25) is 4.72 Å². The van der Waals surface area contributed by atoms with Crippen LogP contribution in [0.15, 0.2) is 56.3 Å². The molecular weight excluding hydrogens is 394 g/mol. The Labute approximate surface area is 129 Å². The molecular formula is C13H11Br2NO2S. The van der Waals surface area contributed by atoms with Crippen LogP contribution < -0.4 is 4.72 Å². The van der Waals surface area contributed by atoms with Gasteiger partial charge in [-0.25, -0.2) is 8.42 Å². The molecule has 0 spiro atoms. The fraction of sp³-hybridized carbons (Fsp3) is 0.0769. The van der Waals surface area contributed by atoms with Gasteiger partial charge in [0.1, 0.15) is 4.90 Å². The van der Waals surface area contributed by atoms with E-state index >= 15 is 0 Å². The van der Waals surface area contributed by atoms with E-state index in [4.69, 9.17) is 0 Å². The van der Waals surface area contributed by atoms with Gasteiger partial charge in [0.25, 0.3) is 10.0 Å². The van der Waals surface area contributed by atoms with Crippen molar-refractivity contribution in [3.63, 3.8) is 0 Å². The van der Waals surface area contributed by atoms with Gasteiger partial charge in [-0.2, -0.15) is 0 Å². The molecule has 0 aliphatic rings. The van der Waals surface area contributed by atoms with Crippen molar-refractivity contribution >= 4 is 47.6 Å². The minimum absolute atomic E-state index is 0.211. The Kier molecular flexibility index (Phi) is 4.32. The van der Waals surface area contributed by atoms with Crippen LogP contribution in [0.1, 0.15) is 5.56 Å². The van der Waals surface area contributed by atoms with E-state index in [-0.39, 0.29) is 4.90 Å². The number of anilines is 1. The predicted octanol–water partition coefficient (Wildman–Crippen LogP) is 4.32. The van der Waals surface area contributed by atoms with Gasteiger partial charge in [0.15, 0.2) is 0 Å². The van der Waals surface area contributed by atoms with Crippen molar-refractivity contribution in [1.29, 1.82) is 0 Å². The van der Waals surface area contributed by atoms with Gasteiger partial charge in [-0.15, -0.1) is 0 Å². The fourth-order valence-electron chi connectivity index (χ4n) is 1.58. The maximum absolute atomic E-state index is 12.3. The molecule has 0 atom stereocenters. The topological polar surface area (TPSA) is 46.2 Å². The van der Waals surface area contributed by atoms with Crippen LogP contribution in [-0.2, 0) is 10.0 Å². The lowest BCUT2D eigenvalue weighted by molar-refractivity contribution is 0.600. The van der Waals surface area contributed by atoms with Crippen molar-refractivity contribution in [1.82, 2.24) is 0 Å². The van der Waals surface area contributed by atoms with Crippen LogP contribution in [0.2, 0.25) is 0 Å². The molecule has 100 valence electrons. The SMILES string of the molecule is Cc1ccc(Br)c(NS(=O)(=O)c2ccccc2Br)c1. The lowest BCUT2D eigenvalue weighted by Gasteiger charge is -2.11. The summed E-state index contributed by atoms with van der Waals surface area (Å²) in [7, 11) is -3.61. The van der Waals surface area contributed by atoms with E-state index in [1.807, 2.05) is 19.1 Å². The third kappa shape index (κ3) is 3.38. The number of hydrogen-bond acceptors (Lipinski definition) is 2. The molecule has 0 amide bonds. The molecule has 0 bridgehead atoms. The zero-order valence-electron chi connectivity index (χ0n) is 10.0. The van der Waals surface area contributed by atoms with Gasteiger partial charge in [0, 0.05) is 8.95 Å². The van der Waals surface area contributed by atoms with Crippen LogP contribution >= 0.6 is 31.9 Å². The Hall–Kier alpha value is -0.850. The van der Waals surface area contributed by atoms with Gasteiger partial charge in [-0.05, 0) is 68.6 Å². The monoisotopic (exact) mass is 403 g/mol. The highest BCUT2D eigenvalue weighted by Crippen LogP contribution is 2.28. The van der Waals surface area contributed by atoms with Gasteiger partial charge < -0.3 is 0 Å². The predicted molar refractivity (Wildman–Crippen MR) is 83.8 cm³/mol. The third-order valence-corrected chi connectivity index (χ3v) is 5.56. The van der Waals surface area contributed by atoms with Crippen molar-refractivity contribution < 1.29 is 8.42 Å². The highest BCUT2D eigenvalue weighted by molar-refractivity contribution is 9.11. The Morgan fingerprint density at radius 2 is 1.68 bits per heavy atom. The second kappa shape index (κ2) is 5.64. The molecule has 0 saturated heterocycles. The molecule has 0 saturated carbocycles. The van der Waals surface area contributed by atoms with Crippen molar-refractivity contribution in [3.8, 4) is 0 Å². The van der Waals surface area contributed by atoms with E-state index in [2.05, 4.69) is 36.6 Å². The van der Waals surface area contributed by atoms with Crippen LogP contribution in [0.4, 0.5) is 5.69 Å². The van der Waals surface area contributed by atoms with E-state index in [1.165, 1.54) is 0 Å². The summed E-state index contributed by atoms with van der Waals surface area (Å²) >= 11 is 6.58. The number of benzene rings is 2. The smallest absolute Gasteiger partial charge is 0.263 e. The quantitative estimate of drug-likeness (QED) is 0.827. The summed E-state index contributed by atoms with van der Waals surface area (Å²) in [6, 6.07) is 12.2. The van der Waals surface area contributed by atoms with Gasteiger partial charge in [0.05, 0.1) is 5.69 Å². The number of hydrogen-bond donors (Lipinski definition) is 1. The van der Waals surface area contributed by atoms with E-state index in [1.54, 1.807) is 30.3 Å². The maximum atomic E-state index is 12.3. The first-order valence-corrected chi connectivity index (χ1v) is 8.50. The minimum atomic E-state index is -3.61. The Balaban J connectivity index is 2.43. The second-order valence-corrected chi connectivity index (χ2v) is 7.38. The van der Waals surface area contributed by atoms with Crippen LogP contribution in [0.25, 0.3) is 0 Å². The van der Waals surface area contributed by atoms with Crippen molar-refractivity contribution in [3.05, 3.63) is 57.0 Å². The minimum Gasteiger partial charge on any atom is -0.278 e. The van der Waals surface area contributed by atoms with E-state index in [9.17, 15) is 8.42 Å². The average molecular weight is 405 g/mol. The second-order valence-electron chi connectivity index (χ2n) is 4.02. The maximum Gasteiger partial charge on any atom is 0.263 e. The van der Waals surface area contributed by atoms with Gasteiger partial charge in [-0.1, -0.05) is 18.2 Å².